The summed E-state index contributed by atoms with van der Waals surface area (Å²) in [5, 5.41) is 3.02. The molecule has 20 heavy (non-hydrogen) atoms. The zero-order chi connectivity index (χ0) is 14.7. The van der Waals surface area contributed by atoms with Crippen molar-refractivity contribution in [1.82, 2.24) is 5.32 Å². The Morgan fingerprint density at radius 3 is 2.40 bits per heavy atom. The van der Waals surface area contributed by atoms with Crippen LogP contribution in [0.25, 0.3) is 0 Å². The average molecular weight is 283 g/mol. The minimum atomic E-state index is -1.47. The molecule has 2 aromatic rings. The van der Waals surface area contributed by atoms with Gasteiger partial charge in [-0.15, -0.1) is 0 Å². The molecule has 0 aliphatic rings. The number of nitrogens with one attached hydrogen (secondary N) is 1. The van der Waals surface area contributed by atoms with Crippen molar-refractivity contribution in [2.75, 3.05) is 6.54 Å². The number of furan rings is 1. The van der Waals surface area contributed by atoms with Gasteiger partial charge < -0.3 is 9.73 Å². The molecule has 0 aliphatic carbocycles. The molecule has 1 heterocycles. The van der Waals surface area contributed by atoms with Gasteiger partial charge in [-0.2, -0.15) is 0 Å². The first-order valence-electron chi connectivity index (χ1n) is 6.53. The first-order chi connectivity index (χ1) is 9.58. The fraction of sp³-hybridized carbons (Fsp3) is 0.333. The van der Waals surface area contributed by atoms with Gasteiger partial charge in [-0.1, -0.05) is 19.9 Å². The largest absolute Gasteiger partial charge is 0.464 e. The van der Waals surface area contributed by atoms with E-state index in [0.717, 1.165) is 11.8 Å². The molecule has 1 aromatic carbocycles. The number of aryl methyl sites for hydroxylation is 1. The maximum absolute atomic E-state index is 13.9. The van der Waals surface area contributed by atoms with E-state index in [4.69, 9.17) is 4.42 Å². The van der Waals surface area contributed by atoms with Crippen molar-refractivity contribution in [3.8, 4) is 0 Å². The molecule has 0 aliphatic heterocycles. The standard InChI is InChI=1S/C15H16F3NO/c1-3-9-5-8-12(20-9)15(19-4-2)10-6-7-11(16)14(18)13(10)17/h5-8,15,19H,3-4H2,1-2H3. The summed E-state index contributed by atoms with van der Waals surface area (Å²) in [5.74, 6) is -2.62. The van der Waals surface area contributed by atoms with E-state index in [-0.39, 0.29) is 5.56 Å². The van der Waals surface area contributed by atoms with Gasteiger partial charge >= 0.3 is 0 Å². The van der Waals surface area contributed by atoms with Crippen molar-refractivity contribution in [3.05, 3.63) is 58.8 Å². The normalized spacial score (nSPS) is 12.7. The van der Waals surface area contributed by atoms with Crippen LogP contribution >= 0.6 is 0 Å². The third-order valence-electron chi connectivity index (χ3n) is 3.10. The van der Waals surface area contributed by atoms with Crippen molar-refractivity contribution in [2.24, 2.45) is 0 Å². The van der Waals surface area contributed by atoms with Gasteiger partial charge in [0.05, 0.1) is 6.04 Å². The van der Waals surface area contributed by atoms with Crippen LogP contribution in [0.15, 0.2) is 28.7 Å². The van der Waals surface area contributed by atoms with E-state index < -0.39 is 23.5 Å². The molecule has 0 bridgehead atoms. The predicted octanol–water partition coefficient (Wildman–Crippen LogP) is 3.96. The molecule has 1 aromatic heterocycles. The fourth-order valence-corrected chi connectivity index (χ4v) is 2.07. The number of benzene rings is 1. The van der Waals surface area contributed by atoms with Crippen LogP contribution in [-0.2, 0) is 6.42 Å². The molecular formula is C15H16F3NO. The van der Waals surface area contributed by atoms with Crippen LogP contribution in [0.3, 0.4) is 0 Å². The SMILES string of the molecule is CCNC(c1ccc(CC)o1)c1ccc(F)c(F)c1F. The summed E-state index contributed by atoms with van der Waals surface area (Å²) in [7, 11) is 0. The van der Waals surface area contributed by atoms with E-state index >= 15 is 0 Å². The zero-order valence-corrected chi connectivity index (χ0v) is 11.3. The monoisotopic (exact) mass is 283 g/mol. The molecule has 2 nitrogen and oxygen atoms in total. The van der Waals surface area contributed by atoms with Gasteiger partial charge in [-0.05, 0) is 24.7 Å². The van der Waals surface area contributed by atoms with Crippen LogP contribution in [0, 0.1) is 17.5 Å². The number of hydrogen-bond acceptors (Lipinski definition) is 2. The molecule has 0 amide bonds. The summed E-state index contributed by atoms with van der Waals surface area (Å²) in [4.78, 5) is 0. The van der Waals surface area contributed by atoms with Crippen LogP contribution < -0.4 is 5.32 Å². The van der Waals surface area contributed by atoms with Crippen LogP contribution in [0.4, 0.5) is 13.2 Å². The summed E-state index contributed by atoms with van der Waals surface area (Å²) < 4.78 is 45.9. The van der Waals surface area contributed by atoms with Crippen molar-refractivity contribution < 1.29 is 17.6 Å². The molecule has 1 N–H and O–H groups in total. The Hall–Kier alpha value is -1.75. The summed E-state index contributed by atoms with van der Waals surface area (Å²) in [5.41, 5.74) is 0.0303. The van der Waals surface area contributed by atoms with Crippen LogP contribution in [-0.4, -0.2) is 6.54 Å². The summed E-state index contributed by atoms with van der Waals surface area (Å²) in [6.07, 6.45) is 0.707. The van der Waals surface area contributed by atoms with E-state index in [0.29, 0.717) is 18.7 Å². The molecule has 0 radical (unpaired) electrons. The average Bonchev–Trinajstić information content (AvgIpc) is 2.92. The lowest BCUT2D eigenvalue weighted by atomic mass is 10.0. The zero-order valence-electron chi connectivity index (χ0n) is 11.3. The second kappa shape index (κ2) is 6.13. The second-order valence-corrected chi connectivity index (χ2v) is 4.41. The van der Waals surface area contributed by atoms with Crippen molar-refractivity contribution in [1.29, 1.82) is 0 Å². The van der Waals surface area contributed by atoms with E-state index in [1.165, 1.54) is 6.07 Å². The molecule has 2 rings (SSSR count). The first kappa shape index (κ1) is 14.7. The Bertz CT molecular complexity index is 595. The van der Waals surface area contributed by atoms with Crippen molar-refractivity contribution in [3.63, 3.8) is 0 Å². The lowest BCUT2D eigenvalue weighted by Crippen LogP contribution is -2.23. The second-order valence-electron chi connectivity index (χ2n) is 4.41. The van der Waals surface area contributed by atoms with Crippen LogP contribution in [0.1, 0.15) is 37.0 Å². The highest BCUT2D eigenvalue weighted by Crippen LogP contribution is 2.28. The molecule has 0 spiro atoms. The molecule has 1 atom stereocenters. The molecule has 0 saturated carbocycles. The molecular weight excluding hydrogens is 267 g/mol. The van der Waals surface area contributed by atoms with E-state index in [9.17, 15) is 13.2 Å². The Kier molecular flexibility index (Phi) is 4.49. The first-order valence-corrected chi connectivity index (χ1v) is 6.53. The van der Waals surface area contributed by atoms with Crippen molar-refractivity contribution >= 4 is 0 Å². The summed E-state index contributed by atoms with van der Waals surface area (Å²) >= 11 is 0. The van der Waals surface area contributed by atoms with Gasteiger partial charge in [0.25, 0.3) is 0 Å². The molecule has 0 fully saturated rings. The molecule has 5 heteroatoms. The number of halogens is 3. The lowest BCUT2D eigenvalue weighted by molar-refractivity contribution is 0.401. The van der Waals surface area contributed by atoms with Gasteiger partial charge in [0.2, 0.25) is 0 Å². The molecule has 1 unspecified atom stereocenters. The summed E-state index contributed by atoms with van der Waals surface area (Å²) in [6.45, 7) is 4.31. The topological polar surface area (TPSA) is 25.2 Å². The maximum atomic E-state index is 13.9. The summed E-state index contributed by atoms with van der Waals surface area (Å²) in [6, 6.07) is 5.01. The highest BCUT2D eigenvalue weighted by Gasteiger charge is 2.24. The minimum absolute atomic E-state index is 0.0303. The quantitative estimate of drug-likeness (QED) is 0.840. The Morgan fingerprint density at radius 1 is 1.05 bits per heavy atom. The van der Waals surface area contributed by atoms with Gasteiger partial charge in [0, 0.05) is 12.0 Å². The van der Waals surface area contributed by atoms with E-state index in [2.05, 4.69) is 5.32 Å². The van der Waals surface area contributed by atoms with Gasteiger partial charge in [0.15, 0.2) is 17.5 Å². The van der Waals surface area contributed by atoms with E-state index in [1.807, 2.05) is 13.8 Å². The Labute approximate surface area is 115 Å². The maximum Gasteiger partial charge on any atom is 0.194 e. The molecule has 108 valence electrons. The lowest BCUT2D eigenvalue weighted by Gasteiger charge is -2.17. The minimum Gasteiger partial charge on any atom is -0.464 e. The van der Waals surface area contributed by atoms with Crippen molar-refractivity contribution in [2.45, 2.75) is 26.3 Å². The fourth-order valence-electron chi connectivity index (χ4n) is 2.07. The number of rotatable bonds is 5. The number of hydrogen-bond donors (Lipinski definition) is 1. The third-order valence-corrected chi connectivity index (χ3v) is 3.10. The third kappa shape index (κ3) is 2.72. The Morgan fingerprint density at radius 2 is 1.80 bits per heavy atom. The van der Waals surface area contributed by atoms with Gasteiger partial charge in [0.1, 0.15) is 11.5 Å². The van der Waals surface area contributed by atoms with Crippen LogP contribution in [0.5, 0.6) is 0 Å². The molecule has 0 saturated heterocycles. The van der Waals surface area contributed by atoms with E-state index in [1.54, 1.807) is 12.1 Å². The van der Waals surface area contributed by atoms with Gasteiger partial charge in [-0.3, -0.25) is 0 Å². The highest BCUT2D eigenvalue weighted by molar-refractivity contribution is 5.30. The smallest absolute Gasteiger partial charge is 0.194 e. The Balaban J connectivity index is 2.45. The predicted molar refractivity (Wildman–Crippen MR) is 69.9 cm³/mol. The van der Waals surface area contributed by atoms with Crippen LogP contribution in [0.2, 0.25) is 0 Å². The highest BCUT2D eigenvalue weighted by atomic mass is 19.2. The van der Waals surface area contributed by atoms with Gasteiger partial charge in [-0.25, -0.2) is 13.2 Å².